The summed E-state index contributed by atoms with van der Waals surface area (Å²) >= 11 is 0. The number of nitrogens with one attached hydrogen (secondary N) is 2. The van der Waals surface area contributed by atoms with Crippen LogP contribution >= 0.6 is 0 Å². The Bertz CT molecular complexity index is 1350. The standard InChI is InChI=1S/C27H30N4O7/c1-31(2)21-16-9-13-8-15-12(10-29-11-14-4-3-7-30-14)5-6-17(32)19(15)22(33)18(13)24(35)27(16,38)25(36)20(23(21)34)26(28)37/h3-7,13,16,18,20-21,29-30,32,38H,8-11H2,1-2H3,(H2,28,37)/t13-,16-,18?,20?,21-,27-/m0/s1. The Kier molecular flexibility index (Phi) is 6.33. The van der Waals surface area contributed by atoms with Crippen LogP contribution in [0, 0.1) is 23.7 Å². The number of aromatic hydroxyl groups is 1. The highest BCUT2D eigenvalue weighted by Crippen LogP contribution is 2.51. The van der Waals surface area contributed by atoms with Crippen molar-refractivity contribution in [2.24, 2.45) is 29.4 Å². The molecule has 3 aliphatic carbocycles. The predicted molar refractivity (Wildman–Crippen MR) is 133 cm³/mol. The summed E-state index contributed by atoms with van der Waals surface area (Å²) in [4.78, 5) is 70.6. The maximum Gasteiger partial charge on any atom is 0.235 e. The third-order valence-electron chi connectivity index (χ3n) is 8.34. The number of phenolic OH excluding ortho intramolecular Hbond substituents is 1. The van der Waals surface area contributed by atoms with Gasteiger partial charge in [-0.2, -0.15) is 0 Å². The van der Waals surface area contributed by atoms with E-state index >= 15 is 0 Å². The first kappa shape index (κ1) is 26.0. The van der Waals surface area contributed by atoms with Crippen molar-refractivity contribution >= 4 is 29.0 Å². The number of carbonyl (C=O) groups excluding carboxylic acids is 5. The Morgan fingerprint density at radius 2 is 1.89 bits per heavy atom. The highest BCUT2D eigenvalue weighted by molar-refractivity contribution is 6.32. The molecule has 0 spiro atoms. The van der Waals surface area contributed by atoms with Gasteiger partial charge >= 0.3 is 0 Å². The molecule has 1 aromatic carbocycles. The minimum Gasteiger partial charge on any atom is -0.507 e. The van der Waals surface area contributed by atoms with Crippen LogP contribution in [0.4, 0.5) is 0 Å². The van der Waals surface area contributed by atoms with E-state index in [0.29, 0.717) is 18.7 Å². The number of H-pyrrole nitrogens is 1. The second-order valence-corrected chi connectivity index (χ2v) is 10.7. The number of amides is 1. The SMILES string of the molecule is CN(C)[C@@H]1C(=O)C(C(N)=O)C(=O)[C@@]2(O)C(=O)C3C(=O)c4c(O)ccc(CNCc5ccc[nH]5)c4C[C@H]3C[C@@H]12. The van der Waals surface area contributed by atoms with E-state index in [1.165, 1.54) is 11.0 Å². The topological polar surface area (TPSA) is 183 Å². The number of ketones is 4. The summed E-state index contributed by atoms with van der Waals surface area (Å²) in [5, 5.41) is 25.5. The van der Waals surface area contributed by atoms with E-state index < -0.39 is 64.4 Å². The number of phenols is 1. The molecular weight excluding hydrogens is 492 g/mol. The molecule has 200 valence electrons. The number of Topliss-reactive ketones (excluding diaryl/α,β-unsaturated/α-hetero) is 4. The lowest BCUT2D eigenvalue weighted by molar-refractivity contribution is -0.181. The number of nitrogens with two attached hydrogens (primary N) is 1. The number of primary amides is 1. The summed E-state index contributed by atoms with van der Waals surface area (Å²) in [6, 6.07) is 5.80. The molecule has 1 heterocycles. The van der Waals surface area contributed by atoms with E-state index in [2.05, 4.69) is 10.3 Å². The number of benzene rings is 1. The minimum atomic E-state index is -2.72. The van der Waals surface area contributed by atoms with Gasteiger partial charge < -0.3 is 26.2 Å². The van der Waals surface area contributed by atoms with Gasteiger partial charge in [0.25, 0.3) is 0 Å². The first-order chi connectivity index (χ1) is 18.0. The van der Waals surface area contributed by atoms with Crippen molar-refractivity contribution in [1.29, 1.82) is 0 Å². The van der Waals surface area contributed by atoms with Gasteiger partial charge in [-0.15, -0.1) is 0 Å². The van der Waals surface area contributed by atoms with Crippen molar-refractivity contribution in [3.63, 3.8) is 0 Å². The van der Waals surface area contributed by atoms with E-state index in [0.717, 1.165) is 11.3 Å². The van der Waals surface area contributed by atoms with Crippen LogP contribution in [0.1, 0.15) is 33.6 Å². The first-order valence-corrected chi connectivity index (χ1v) is 12.5. The van der Waals surface area contributed by atoms with Gasteiger partial charge in [0.1, 0.15) is 5.75 Å². The summed E-state index contributed by atoms with van der Waals surface area (Å²) in [6.07, 6.45) is 2.07. The molecule has 0 bridgehead atoms. The third-order valence-corrected chi connectivity index (χ3v) is 8.34. The minimum absolute atomic E-state index is 0.00392. The maximum atomic E-state index is 13.8. The number of rotatable bonds is 6. The molecule has 2 fully saturated rings. The second kappa shape index (κ2) is 9.26. The van der Waals surface area contributed by atoms with Crippen LogP contribution < -0.4 is 11.1 Å². The molecule has 0 aliphatic heterocycles. The third kappa shape index (κ3) is 3.72. The largest absolute Gasteiger partial charge is 0.507 e. The highest BCUT2D eigenvalue weighted by atomic mass is 16.3. The van der Waals surface area contributed by atoms with Crippen molar-refractivity contribution in [2.45, 2.75) is 37.6 Å². The van der Waals surface area contributed by atoms with Gasteiger partial charge in [0.15, 0.2) is 34.7 Å². The molecule has 5 rings (SSSR count). The fraction of sp³-hybridized carbons (Fsp3) is 0.444. The molecule has 6 N–H and O–H groups in total. The van der Waals surface area contributed by atoms with E-state index in [1.807, 2.05) is 18.3 Å². The Morgan fingerprint density at radius 3 is 2.53 bits per heavy atom. The normalized spacial score (nSPS) is 30.7. The number of aromatic nitrogens is 1. The number of hydrogen-bond donors (Lipinski definition) is 5. The van der Waals surface area contributed by atoms with Gasteiger partial charge in [0.05, 0.1) is 17.5 Å². The number of nitrogens with zero attached hydrogens (tertiary/aromatic N) is 1. The smallest absolute Gasteiger partial charge is 0.235 e. The molecule has 6 atom stereocenters. The van der Waals surface area contributed by atoms with Gasteiger partial charge in [0, 0.05) is 30.9 Å². The molecule has 1 amide bonds. The van der Waals surface area contributed by atoms with Crippen LogP contribution in [0.25, 0.3) is 0 Å². The van der Waals surface area contributed by atoms with Crippen molar-refractivity contribution in [3.8, 4) is 5.75 Å². The van der Waals surface area contributed by atoms with Gasteiger partial charge in [-0.3, -0.25) is 28.9 Å². The van der Waals surface area contributed by atoms with Crippen molar-refractivity contribution < 1.29 is 34.2 Å². The van der Waals surface area contributed by atoms with Gasteiger partial charge in [-0.25, -0.2) is 0 Å². The molecule has 3 aliphatic rings. The second-order valence-electron chi connectivity index (χ2n) is 10.7. The molecule has 1 aromatic heterocycles. The van der Waals surface area contributed by atoms with Crippen molar-refractivity contribution in [1.82, 2.24) is 15.2 Å². The summed E-state index contributed by atoms with van der Waals surface area (Å²) < 4.78 is 0. The Morgan fingerprint density at radius 1 is 1.16 bits per heavy atom. The number of aromatic amines is 1. The average molecular weight is 523 g/mol. The molecule has 0 radical (unpaired) electrons. The molecule has 11 nitrogen and oxygen atoms in total. The summed E-state index contributed by atoms with van der Waals surface area (Å²) in [5.74, 6) is -10.4. The number of hydrogen-bond acceptors (Lipinski definition) is 9. The van der Waals surface area contributed by atoms with E-state index in [-0.39, 0.29) is 24.2 Å². The van der Waals surface area contributed by atoms with E-state index in [4.69, 9.17) is 5.73 Å². The number of likely N-dealkylation sites (N-methyl/N-ethyl adjacent to an activating group) is 1. The van der Waals surface area contributed by atoms with Gasteiger partial charge in [-0.05, 0) is 62.2 Å². The molecule has 2 saturated carbocycles. The Balaban J connectivity index is 1.53. The molecule has 0 saturated heterocycles. The molecule has 38 heavy (non-hydrogen) atoms. The lowest BCUT2D eigenvalue weighted by atomic mass is 9.52. The van der Waals surface area contributed by atoms with Crippen LogP contribution in [0.15, 0.2) is 30.5 Å². The average Bonchev–Trinajstić information content (AvgIpc) is 3.36. The van der Waals surface area contributed by atoms with Crippen LogP contribution in [0.5, 0.6) is 5.75 Å². The molecule has 2 unspecified atom stereocenters. The Hall–Kier alpha value is -3.67. The fourth-order valence-corrected chi connectivity index (χ4v) is 6.64. The fourth-order valence-electron chi connectivity index (χ4n) is 6.64. The summed E-state index contributed by atoms with van der Waals surface area (Å²) in [5.41, 5.74) is 4.96. The van der Waals surface area contributed by atoms with Crippen LogP contribution in [0.2, 0.25) is 0 Å². The van der Waals surface area contributed by atoms with Crippen molar-refractivity contribution in [3.05, 3.63) is 52.8 Å². The van der Waals surface area contributed by atoms with E-state index in [9.17, 15) is 34.2 Å². The maximum absolute atomic E-state index is 13.8. The van der Waals surface area contributed by atoms with Crippen LogP contribution in [-0.2, 0) is 38.7 Å². The summed E-state index contributed by atoms with van der Waals surface area (Å²) in [7, 11) is 3.11. The number of aliphatic hydroxyl groups is 1. The molecule has 11 heteroatoms. The van der Waals surface area contributed by atoms with Crippen LogP contribution in [0.3, 0.4) is 0 Å². The van der Waals surface area contributed by atoms with E-state index in [1.54, 1.807) is 20.2 Å². The lowest BCUT2D eigenvalue weighted by Gasteiger charge is -2.52. The predicted octanol–water partition coefficient (Wildman–Crippen LogP) is -0.515. The zero-order valence-electron chi connectivity index (χ0n) is 21.1. The van der Waals surface area contributed by atoms with Gasteiger partial charge in [0.2, 0.25) is 5.91 Å². The summed E-state index contributed by atoms with van der Waals surface area (Å²) in [6.45, 7) is 0.942. The van der Waals surface area contributed by atoms with Crippen LogP contribution in [-0.4, -0.2) is 74.9 Å². The highest BCUT2D eigenvalue weighted by Gasteiger charge is 2.69. The first-order valence-electron chi connectivity index (χ1n) is 12.5. The monoisotopic (exact) mass is 522 g/mol. The zero-order valence-corrected chi connectivity index (χ0v) is 21.1. The molecular formula is C27H30N4O7. The Labute approximate surface area is 218 Å². The quantitative estimate of drug-likeness (QED) is 0.312. The number of fused-ring (bicyclic) bond motifs is 3. The van der Waals surface area contributed by atoms with Gasteiger partial charge in [-0.1, -0.05) is 6.07 Å². The zero-order chi connectivity index (χ0) is 27.5. The van der Waals surface area contributed by atoms with Crippen molar-refractivity contribution in [2.75, 3.05) is 14.1 Å². The number of carbonyl (C=O) groups is 5. The molecule has 2 aromatic rings. The lowest BCUT2D eigenvalue weighted by Crippen LogP contribution is -2.74.